The first-order valence-corrected chi connectivity index (χ1v) is 7.33. The summed E-state index contributed by atoms with van der Waals surface area (Å²) >= 11 is 0. The number of hydrogen-bond acceptors (Lipinski definition) is 3. The SMILES string of the molecule is Cc1ccc(C(CCS(C)(=O)=O)C(=O)O)cc1. The summed E-state index contributed by atoms with van der Waals surface area (Å²) in [6, 6.07) is 7.12. The van der Waals surface area contributed by atoms with Crippen LogP contribution >= 0.6 is 0 Å². The van der Waals surface area contributed by atoms with Crippen LogP contribution in [0.3, 0.4) is 0 Å². The second-order valence-electron chi connectivity index (χ2n) is 4.22. The maximum Gasteiger partial charge on any atom is 0.311 e. The molecule has 17 heavy (non-hydrogen) atoms. The van der Waals surface area contributed by atoms with Crippen molar-refractivity contribution in [2.75, 3.05) is 12.0 Å². The summed E-state index contributed by atoms with van der Waals surface area (Å²) in [6.07, 6.45) is 1.22. The number of aryl methyl sites for hydroxylation is 1. The Morgan fingerprint density at radius 2 is 1.82 bits per heavy atom. The van der Waals surface area contributed by atoms with Crippen LogP contribution in [0.25, 0.3) is 0 Å². The van der Waals surface area contributed by atoms with Crippen LogP contribution in [0.1, 0.15) is 23.5 Å². The van der Waals surface area contributed by atoms with Gasteiger partial charge in [0.1, 0.15) is 9.84 Å². The van der Waals surface area contributed by atoms with Crippen molar-refractivity contribution in [3.63, 3.8) is 0 Å². The fraction of sp³-hybridized carbons (Fsp3) is 0.417. The lowest BCUT2D eigenvalue weighted by molar-refractivity contribution is -0.138. The third-order valence-electron chi connectivity index (χ3n) is 2.56. The number of hydrogen-bond donors (Lipinski definition) is 1. The zero-order valence-electron chi connectivity index (χ0n) is 9.88. The van der Waals surface area contributed by atoms with Gasteiger partial charge in [-0.15, -0.1) is 0 Å². The number of carbonyl (C=O) groups is 1. The molecule has 5 heteroatoms. The van der Waals surface area contributed by atoms with E-state index < -0.39 is 21.7 Å². The van der Waals surface area contributed by atoms with Gasteiger partial charge in [0.05, 0.1) is 11.7 Å². The first-order chi connectivity index (χ1) is 7.79. The largest absolute Gasteiger partial charge is 0.481 e. The lowest BCUT2D eigenvalue weighted by atomic mass is 9.96. The third kappa shape index (κ3) is 4.56. The molecule has 1 aromatic carbocycles. The van der Waals surface area contributed by atoms with Crippen molar-refractivity contribution in [1.82, 2.24) is 0 Å². The number of carboxylic acid groups (broad SMARTS) is 1. The lowest BCUT2D eigenvalue weighted by Gasteiger charge is -2.12. The summed E-state index contributed by atoms with van der Waals surface area (Å²) in [7, 11) is -3.13. The topological polar surface area (TPSA) is 71.4 Å². The maximum atomic E-state index is 11.1. The Morgan fingerprint density at radius 1 is 1.29 bits per heavy atom. The molecule has 94 valence electrons. The first kappa shape index (κ1) is 13.7. The van der Waals surface area contributed by atoms with Crippen molar-refractivity contribution in [3.05, 3.63) is 35.4 Å². The molecular weight excluding hydrogens is 240 g/mol. The molecule has 0 saturated heterocycles. The Morgan fingerprint density at radius 3 is 2.24 bits per heavy atom. The van der Waals surface area contributed by atoms with E-state index in [1.165, 1.54) is 0 Å². The third-order valence-corrected chi connectivity index (χ3v) is 3.53. The number of sulfone groups is 1. The van der Waals surface area contributed by atoms with E-state index in [0.717, 1.165) is 11.8 Å². The van der Waals surface area contributed by atoms with Crippen molar-refractivity contribution < 1.29 is 18.3 Å². The summed E-state index contributed by atoms with van der Waals surface area (Å²) < 4.78 is 22.1. The van der Waals surface area contributed by atoms with Crippen molar-refractivity contribution in [1.29, 1.82) is 0 Å². The molecule has 4 nitrogen and oxygen atoms in total. The summed E-state index contributed by atoms with van der Waals surface area (Å²) in [5.41, 5.74) is 1.69. The van der Waals surface area contributed by atoms with Gasteiger partial charge < -0.3 is 5.11 Å². The highest BCUT2D eigenvalue weighted by Crippen LogP contribution is 2.21. The average Bonchev–Trinajstić information content (AvgIpc) is 2.18. The zero-order valence-corrected chi connectivity index (χ0v) is 10.7. The van der Waals surface area contributed by atoms with Gasteiger partial charge in [0.2, 0.25) is 0 Å². The smallest absolute Gasteiger partial charge is 0.311 e. The van der Waals surface area contributed by atoms with Gasteiger partial charge in [-0.25, -0.2) is 8.42 Å². The zero-order chi connectivity index (χ0) is 13.1. The molecule has 1 unspecified atom stereocenters. The van der Waals surface area contributed by atoms with E-state index in [1.807, 2.05) is 19.1 Å². The minimum absolute atomic E-state index is 0.108. The Labute approximate surface area is 101 Å². The van der Waals surface area contributed by atoms with Gasteiger partial charge in [-0.05, 0) is 18.9 Å². The minimum atomic E-state index is -3.13. The van der Waals surface area contributed by atoms with E-state index in [1.54, 1.807) is 12.1 Å². The van der Waals surface area contributed by atoms with Gasteiger partial charge in [0.25, 0.3) is 0 Å². The van der Waals surface area contributed by atoms with Crippen LogP contribution in [0.15, 0.2) is 24.3 Å². The first-order valence-electron chi connectivity index (χ1n) is 5.26. The van der Waals surface area contributed by atoms with Crippen LogP contribution in [0.5, 0.6) is 0 Å². The average molecular weight is 256 g/mol. The summed E-state index contributed by atoms with van der Waals surface area (Å²) in [6.45, 7) is 1.91. The standard InChI is InChI=1S/C12H16O4S/c1-9-3-5-10(6-4-9)11(12(13)14)7-8-17(2,15)16/h3-6,11H,7-8H2,1-2H3,(H,13,14). The molecule has 0 aliphatic carbocycles. The lowest BCUT2D eigenvalue weighted by Crippen LogP contribution is -2.16. The summed E-state index contributed by atoms with van der Waals surface area (Å²) in [5, 5.41) is 9.10. The number of carboxylic acids is 1. The monoisotopic (exact) mass is 256 g/mol. The van der Waals surface area contributed by atoms with Crippen LogP contribution in [0.2, 0.25) is 0 Å². The molecular formula is C12H16O4S. The van der Waals surface area contributed by atoms with Crippen LogP contribution in [-0.2, 0) is 14.6 Å². The summed E-state index contributed by atoms with van der Waals surface area (Å²) in [5.74, 6) is -1.86. The Bertz CT molecular complexity index is 488. The molecule has 0 bridgehead atoms. The molecule has 1 aromatic rings. The maximum absolute atomic E-state index is 11.1. The van der Waals surface area contributed by atoms with Crippen LogP contribution in [-0.4, -0.2) is 31.5 Å². The van der Waals surface area contributed by atoms with E-state index in [-0.39, 0.29) is 12.2 Å². The van der Waals surface area contributed by atoms with E-state index in [4.69, 9.17) is 5.11 Å². The van der Waals surface area contributed by atoms with Crippen molar-refractivity contribution >= 4 is 15.8 Å². The Kier molecular flexibility index (Phi) is 4.28. The van der Waals surface area contributed by atoms with E-state index in [2.05, 4.69) is 0 Å². The molecule has 1 rings (SSSR count). The fourth-order valence-corrected chi connectivity index (χ4v) is 2.23. The molecule has 0 aliphatic heterocycles. The van der Waals surface area contributed by atoms with E-state index in [0.29, 0.717) is 5.56 Å². The number of rotatable bonds is 5. The molecule has 1 atom stereocenters. The highest BCUT2D eigenvalue weighted by molar-refractivity contribution is 7.90. The molecule has 0 aliphatic rings. The molecule has 0 radical (unpaired) electrons. The van der Waals surface area contributed by atoms with Gasteiger partial charge in [-0.2, -0.15) is 0 Å². The molecule has 0 fully saturated rings. The van der Waals surface area contributed by atoms with Crippen molar-refractivity contribution in [2.24, 2.45) is 0 Å². The van der Waals surface area contributed by atoms with Crippen LogP contribution < -0.4 is 0 Å². The van der Waals surface area contributed by atoms with Crippen LogP contribution in [0.4, 0.5) is 0 Å². The normalized spacial score (nSPS) is 13.3. The van der Waals surface area contributed by atoms with E-state index in [9.17, 15) is 13.2 Å². The van der Waals surface area contributed by atoms with Gasteiger partial charge >= 0.3 is 5.97 Å². The molecule has 0 amide bonds. The molecule has 0 heterocycles. The minimum Gasteiger partial charge on any atom is -0.481 e. The Balaban J connectivity index is 2.87. The van der Waals surface area contributed by atoms with Crippen molar-refractivity contribution in [3.8, 4) is 0 Å². The molecule has 1 N–H and O–H groups in total. The number of aliphatic carboxylic acids is 1. The highest BCUT2D eigenvalue weighted by Gasteiger charge is 2.21. The second kappa shape index (κ2) is 5.31. The Hall–Kier alpha value is -1.36. The predicted molar refractivity (Wildman–Crippen MR) is 65.9 cm³/mol. The second-order valence-corrected chi connectivity index (χ2v) is 6.48. The van der Waals surface area contributed by atoms with Gasteiger partial charge in [-0.1, -0.05) is 29.8 Å². The van der Waals surface area contributed by atoms with E-state index >= 15 is 0 Å². The summed E-state index contributed by atoms with van der Waals surface area (Å²) in [4.78, 5) is 11.1. The van der Waals surface area contributed by atoms with Gasteiger partial charge in [-0.3, -0.25) is 4.79 Å². The quantitative estimate of drug-likeness (QED) is 0.868. The number of benzene rings is 1. The molecule has 0 aromatic heterocycles. The van der Waals surface area contributed by atoms with Crippen LogP contribution in [0, 0.1) is 6.92 Å². The molecule has 0 saturated carbocycles. The molecule has 0 spiro atoms. The predicted octanol–water partition coefficient (Wildman–Crippen LogP) is 1.60. The van der Waals surface area contributed by atoms with Crippen molar-refractivity contribution in [2.45, 2.75) is 19.3 Å². The highest BCUT2D eigenvalue weighted by atomic mass is 32.2. The fourth-order valence-electron chi connectivity index (χ4n) is 1.56. The van der Waals surface area contributed by atoms with Gasteiger partial charge in [0, 0.05) is 6.26 Å². The van der Waals surface area contributed by atoms with Gasteiger partial charge in [0.15, 0.2) is 0 Å².